The first-order valence-corrected chi connectivity index (χ1v) is 11.7. The van der Waals surface area contributed by atoms with Crippen molar-refractivity contribution in [1.82, 2.24) is 29.3 Å². The van der Waals surface area contributed by atoms with Crippen LogP contribution in [-0.2, 0) is 12.7 Å². The zero-order valence-electron chi connectivity index (χ0n) is 21.1. The second kappa shape index (κ2) is 9.80. The second-order valence-corrected chi connectivity index (χ2v) is 9.20. The Hall–Kier alpha value is -4.27. The number of amides is 1. The summed E-state index contributed by atoms with van der Waals surface area (Å²) < 4.78 is 58.3. The maximum Gasteiger partial charge on any atom is 0.435 e. The number of carbonyl (C=O) groups is 1. The SMILES string of the molecule is CN(C)Cc1nccn1-c1ccc(NC(=O)c2cc(C(F)(F)F)nn2-c2ccc3c(c2)C(N)N(C)O3)c(F)c1. The van der Waals surface area contributed by atoms with Crippen LogP contribution in [-0.4, -0.2) is 56.3 Å². The first-order chi connectivity index (χ1) is 18.4. The zero-order chi connectivity index (χ0) is 28.1. The summed E-state index contributed by atoms with van der Waals surface area (Å²) in [4.78, 5) is 24.8. The van der Waals surface area contributed by atoms with Crippen molar-refractivity contribution in [3.63, 3.8) is 0 Å². The predicted octanol–water partition coefficient (Wildman–Crippen LogP) is 3.73. The maximum atomic E-state index is 15.1. The molecule has 0 aliphatic carbocycles. The summed E-state index contributed by atoms with van der Waals surface area (Å²) in [5.74, 6) is -0.669. The van der Waals surface area contributed by atoms with Crippen molar-refractivity contribution in [1.29, 1.82) is 0 Å². The number of rotatable bonds is 6. The van der Waals surface area contributed by atoms with Crippen LogP contribution in [0.2, 0.25) is 0 Å². The molecule has 0 saturated carbocycles. The van der Waals surface area contributed by atoms with Crippen molar-refractivity contribution in [3.8, 4) is 17.1 Å². The number of benzene rings is 2. The summed E-state index contributed by atoms with van der Waals surface area (Å²) in [6.45, 7) is 0.509. The van der Waals surface area contributed by atoms with Crippen LogP contribution in [0.25, 0.3) is 11.4 Å². The molecule has 0 saturated heterocycles. The lowest BCUT2D eigenvalue weighted by Crippen LogP contribution is -2.27. The molecule has 2 aromatic heterocycles. The fourth-order valence-electron chi connectivity index (χ4n) is 4.18. The van der Waals surface area contributed by atoms with Gasteiger partial charge >= 0.3 is 6.18 Å². The number of nitrogens with zero attached hydrogens (tertiary/aromatic N) is 6. The van der Waals surface area contributed by atoms with E-state index in [1.165, 1.54) is 35.4 Å². The van der Waals surface area contributed by atoms with Crippen LogP contribution in [0.3, 0.4) is 0 Å². The van der Waals surface area contributed by atoms with Gasteiger partial charge in [0.1, 0.15) is 23.5 Å². The third kappa shape index (κ3) is 5.08. The number of anilines is 1. The Kier molecular flexibility index (Phi) is 6.62. The lowest BCUT2D eigenvalue weighted by Gasteiger charge is -2.14. The molecule has 39 heavy (non-hydrogen) atoms. The van der Waals surface area contributed by atoms with Gasteiger partial charge in [0.25, 0.3) is 5.91 Å². The van der Waals surface area contributed by atoms with Gasteiger partial charge in [-0.25, -0.2) is 14.1 Å². The minimum atomic E-state index is -4.82. The smallest absolute Gasteiger partial charge is 0.404 e. The number of hydrogen-bond donors (Lipinski definition) is 2. The number of alkyl halides is 3. The lowest BCUT2D eigenvalue weighted by atomic mass is 10.1. The molecule has 1 atom stereocenters. The second-order valence-electron chi connectivity index (χ2n) is 9.20. The number of fused-ring (bicyclic) bond motifs is 1. The van der Waals surface area contributed by atoms with Crippen LogP contribution in [0.4, 0.5) is 23.2 Å². The average Bonchev–Trinajstić information content (AvgIpc) is 3.58. The summed E-state index contributed by atoms with van der Waals surface area (Å²) >= 11 is 0. The Labute approximate surface area is 220 Å². The number of carbonyl (C=O) groups excluding carboxylic acids is 1. The van der Waals surface area contributed by atoms with Crippen LogP contribution in [0.15, 0.2) is 54.9 Å². The molecular formula is C25H24F4N8O2. The Morgan fingerprint density at radius 3 is 2.59 bits per heavy atom. The monoisotopic (exact) mass is 544 g/mol. The molecule has 1 unspecified atom stereocenters. The van der Waals surface area contributed by atoms with Crippen molar-refractivity contribution >= 4 is 11.6 Å². The number of imidazole rings is 1. The van der Waals surface area contributed by atoms with Crippen molar-refractivity contribution in [2.24, 2.45) is 5.73 Å². The van der Waals surface area contributed by atoms with E-state index >= 15 is 4.39 Å². The molecule has 0 radical (unpaired) electrons. The predicted molar refractivity (Wildman–Crippen MR) is 133 cm³/mol. The molecule has 5 rings (SSSR count). The molecule has 0 spiro atoms. The zero-order valence-corrected chi connectivity index (χ0v) is 21.1. The van der Waals surface area contributed by atoms with Crippen molar-refractivity contribution in [2.75, 3.05) is 26.5 Å². The average molecular weight is 545 g/mol. The van der Waals surface area contributed by atoms with Gasteiger partial charge < -0.3 is 25.4 Å². The number of nitrogens with two attached hydrogens (primary N) is 1. The topological polar surface area (TPSA) is 106 Å². The van der Waals surface area contributed by atoms with Crippen LogP contribution < -0.4 is 15.9 Å². The van der Waals surface area contributed by atoms with Crippen LogP contribution >= 0.6 is 0 Å². The molecule has 3 heterocycles. The fourth-order valence-corrected chi connectivity index (χ4v) is 4.18. The molecule has 3 N–H and O–H groups in total. The van der Waals surface area contributed by atoms with Crippen LogP contribution in [0.5, 0.6) is 5.75 Å². The van der Waals surface area contributed by atoms with E-state index in [0.29, 0.717) is 35.4 Å². The highest BCUT2D eigenvalue weighted by molar-refractivity contribution is 6.03. The van der Waals surface area contributed by atoms with E-state index in [-0.39, 0.29) is 11.4 Å². The molecule has 10 nitrogen and oxygen atoms in total. The summed E-state index contributed by atoms with van der Waals surface area (Å²) in [5.41, 5.74) is 5.23. The van der Waals surface area contributed by atoms with Gasteiger partial charge in [-0.2, -0.15) is 18.3 Å². The molecule has 1 amide bonds. The van der Waals surface area contributed by atoms with Gasteiger partial charge in [0.15, 0.2) is 11.4 Å². The van der Waals surface area contributed by atoms with E-state index in [1.807, 2.05) is 19.0 Å². The quantitative estimate of drug-likeness (QED) is 0.357. The van der Waals surface area contributed by atoms with Gasteiger partial charge in [0.05, 0.1) is 17.9 Å². The van der Waals surface area contributed by atoms with Crippen molar-refractivity contribution in [3.05, 3.63) is 83.5 Å². The van der Waals surface area contributed by atoms with Crippen LogP contribution in [0.1, 0.15) is 33.7 Å². The number of nitrogens with one attached hydrogen (secondary N) is 1. The molecular weight excluding hydrogens is 520 g/mol. The van der Waals surface area contributed by atoms with E-state index in [4.69, 9.17) is 10.6 Å². The van der Waals surface area contributed by atoms with Gasteiger partial charge in [-0.15, -0.1) is 5.06 Å². The Morgan fingerprint density at radius 2 is 1.90 bits per heavy atom. The summed E-state index contributed by atoms with van der Waals surface area (Å²) in [5, 5.41) is 7.35. The largest absolute Gasteiger partial charge is 0.435 e. The summed E-state index contributed by atoms with van der Waals surface area (Å²) in [7, 11) is 5.35. The number of hydrogen-bond acceptors (Lipinski definition) is 7. The number of hydroxylamine groups is 2. The van der Waals surface area contributed by atoms with Gasteiger partial charge in [-0.1, -0.05) is 0 Å². The highest BCUT2D eigenvalue weighted by Crippen LogP contribution is 2.36. The highest BCUT2D eigenvalue weighted by atomic mass is 19.4. The summed E-state index contributed by atoms with van der Waals surface area (Å²) in [6, 6.07) is 9.15. The van der Waals surface area contributed by atoms with E-state index in [9.17, 15) is 18.0 Å². The Bertz CT molecular complexity index is 1550. The Morgan fingerprint density at radius 1 is 1.15 bits per heavy atom. The van der Waals surface area contributed by atoms with Crippen molar-refractivity contribution < 1.29 is 27.2 Å². The summed E-state index contributed by atoms with van der Waals surface area (Å²) in [6.07, 6.45) is -2.23. The third-order valence-corrected chi connectivity index (χ3v) is 6.08. The standard InChI is InChI=1S/C25H24F4N8O2/c1-34(2)13-22-31-8-9-36(22)14-4-6-18(17(26)11-14)32-24(38)19-12-21(25(27,28)29)33-37(19)15-5-7-20-16(10-15)23(30)35(3)39-20/h4-12,23H,13,30H2,1-3H3,(H,32,38). The molecule has 14 heteroatoms. The number of aromatic nitrogens is 4. The molecule has 204 valence electrons. The van der Waals surface area contributed by atoms with Crippen molar-refractivity contribution in [2.45, 2.75) is 18.9 Å². The fraction of sp³-hybridized carbons (Fsp3) is 0.240. The van der Waals surface area contributed by atoms with E-state index in [1.54, 1.807) is 30.1 Å². The first kappa shape index (κ1) is 26.3. The highest BCUT2D eigenvalue weighted by Gasteiger charge is 2.37. The van der Waals surface area contributed by atoms with E-state index in [2.05, 4.69) is 15.4 Å². The minimum absolute atomic E-state index is 0.146. The van der Waals surface area contributed by atoms with Crippen LogP contribution in [0, 0.1) is 5.82 Å². The molecule has 4 aromatic rings. The van der Waals surface area contributed by atoms with E-state index in [0.717, 1.165) is 4.68 Å². The van der Waals surface area contributed by atoms with Gasteiger partial charge in [-0.05, 0) is 44.4 Å². The number of halogens is 4. The van der Waals surface area contributed by atoms with E-state index < -0.39 is 35.5 Å². The molecule has 2 aromatic carbocycles. The first-order valence-electron chi connectivity index (χ1n) is 11.7. The minimum Gasteiger partial charge on any atom is -0.404 e. The molecule has 0 bridgehead atoms. The van der Waals surface area contributed by atoms with Gasteiger partial charge in [0.2, 0.25) is 0 Å². The Balaban J connectivity index is 1.47. The van der Waals surface area contributed by atoms with Gasteiger partial charge in [-0.3, -0.25) is 4.79 Å². The molecule has 1 aliphatic rings. The maximum absolute atomic E-state index is 15.1. The lowest BCUT2D eigenvalue weighted by molar-refractivity contribution is -0.141. The normalized spacial score (nSPS) is 15.5. The molecule has 1 aliphatic heterocycles. The third-order valence-electron chi connectivity index (χ3n) is 6.08. The molecule has 0 fully saturated rings. The van der Waals surface area contributed by atoms with Gasteiger partial charge in [0, 0.05) is 42.8 Å².